The molecule has 0 aromatic rings. The molecule has 0 amide bonds. The van der Waals surface area contributed by atoms with Crippen molar-refractivity contribution in [1.29, 1.82) is 0 Å². The van der Waals surface area contributed by atoms with Gasteiger partial charge in [-0.05, 0) is 0 Å². The molecule has 90 valence electrons. The molecule has 0 spiro atoms. The highest BCUT2D eigenvalue weighted by Crippen LogP contribution is 2.37. The highest BCUT2D eigenvalue weighted by molar-refractivity contribution is 7.86. The van der Waals surface area contributed by atoms with Gasteiger partial charge in [0.25, 0.3) is 10.1 Å². The maximum Gasteiger partial charge on any atom is 0.326 e. The van der Waals surface area contributed by atoms with Crippen molar-refractivity contribution in [2.75, 3.05) is 12.9 Å². The summed E-state index contributed by atoms with van der Waals surface area (Å²) in [6.07, 6.45) is -5.69. The number of aliphatic hydroxyl groups is 2. The Labute approximate surface area is 84.5 Å². The summed E-state index contributed by atoms with van der Waals surface area (Å²) in [7, 11) is -4.13. The molecule has 1 heterocycles. The lowest BCUT2D eigenvalue weighted by Crippen LogP contribution is -2.42. The molecular weight excluding hydrogens is 238 g/mol. The van der Waals surface area contributed by atoms with Crippen LogP contribution in [0.25, 0.3) is 0 Å². The molecule has 1 aliphatic rings. The summed E-state index contributed by atoms with van der Waals surface area (Å²) >= 11 is 0. The van der Waals surface area contributed by atoms with Gasteiger partial charge < -0.3 is 14.9 Å². The standard InChI is InChI=1S/C6H10F2O6S/c1-15(11,12)14-5-6(7,8)4(10)3(2-9)13-5/h3-5,9-10H,2H2,1H3/t3-,4-,5?/m1/s1. The molecule has 1 saturated heterocycles. The van der Waals surface area contributed by atoms with Crippen molar-refractivity contribution in [3.05, 3.63) is 0 Å². The van der Waals surface area contributed by atoms with E-state index < -0.39 is 41.1 Å². The average molecular weight is 248 g/mol. The number of aliphatic hydroxyl groups excluding tert-OH is 2. The molecule has 0 aliphatic carbocycles. The molecule has 6 nitrogen and oxygen atoms in total. The van der Waals surface area contributed by atoms with Gasteiger partial charge >= 0.3 is 5.92 Å². The van der Waals surface area contributed by atoms with E-state index in [2.05, 4.69) is 8.92 Å². The van der Waals surface area contributed by atoms with Crippen molar-refractivity contribution >= 4 is 10.1 Å². The Hall–Kier alpha value is -0.350. The zero-order valence-corrected chi connectivity index (χ0v) is 8.45. The highest BCUT2D eigenvalue weighted by Gasteiger charge is 2.60. The second kappa shape index (κ2) is 3.91. The minimum absolute atomic E-state index is 0.574. The van der Waals surface area contributed by atoms with Crippen molar-refractivity contribution in [2.24, 2.45) is 0 Å². The minimum Gasteiger partial charge on any atom is -0.394 e. The molecule has 2 N–H and O–H groups in total. The molecule has 0 radical (unpaired) electrons. The molecule has 0 aromatic heterocycles. The van der Waals surface area contributed by atoms with Crippen LogP contribution in [0.2, 0.25) is 0 Å². The Morgan fingerprint density at radius 3 is 2.40 bits per heavy atom. The Balaban J connectivity index is 2.84. The van der Waals surface area contributed by atoms with Crippen LogP contribution in [0.5, 0.6) is 0 Å². The summed E-state index contributed by atoms with van der Waals surface area (Å²) in [5.74, 6) is -3.88. The fraction of sp³-hybridized carbons (Fsp3) is 1.00. The maximum atomic E-state index is 13.1. The Kier molecular flexibility index (Phi) is 3.31. The molecule has 15 heavy (non-hydrogen) atoms. The first-order valence-electron chi connectivity index (χ1n) is 3.89. The van der Waals surface area contributed by atoms with E-state index in [0.717, 1.165) is 0 Å². The summed E-state index contributed by atoms with van der Waals surface area (Å²) < 4.78 is 55.7. The summed E-state index contributed by atoms with van der Waals surface area (Å²) in [6, 6.07) is 0. The van der Waals surface area contributed by atoms with Crippen LogP contribution in [0, 0.1) is 0 Å². The van der Waals surface area contributed by atoms with Crippen LogP contribution < -0.4 is 0 Å². The number of rotatable bonds is 3. The van der Waals surface area contributed by atoms with E-state index in [1.165, 1.54) is 0 Å². The lowest BCUT2D eigenvalue weighted by atomic mass is 10.1. The second-order valence-electron chi connectivity index (χ2n) is 3.11. The lowest BCUT2D eigenvalue weighted by Gasteiger charge is -2.18. The summed E-state index contributed by atoms with van der Waals surface area (Å²) in [4.78, 5) is 0. The molecule has 1 fully saturated rings. The van der Waals surface area contributed by atoms with E-state index in [9.17, 15) is 17.2 Å². The van der Waals surface area contributed by atoms with Gasteiger partial charge in [-0.2, -0.15) is 17.2 Å². The van der Waals surface area contributed by atoms with Crippen LogP contribution in [0.4, 0.5) is 8.78 Å². The van der Waals surface area contributed by atoms with Gasteiger partial charge in [0.15, 0.2) is 6.10 Å². The second-order valence-corrected chi connectivity index (χ2v) is 4.71. The van der Waals surface area contributed by atoms with E-state index in [1.807, 2.05) is 0 Å². The minimum atomic E-state index is -4.13. The number of alkyl halides is 2. The fourth-order valence-corrected chi connectivity index (χ4v) is 1.59. The quantitative estimate of drug-likeness (QED) is 0.601. The van der Waals surface area contributed by atoms with Gasteiger partial charge in [-0.25, -0.2) is 4.18 Å². The molecule has 1 unspecified atom stereocenters. The third-order valence-electron chi connectivity index (χ3n) is 1.80. The van der Waals surface area contributed by atoms with Crippen LogP contribution in [0.15, 0.2) is 0 Å². The smallest absolute Gasteiger partial charge is 0.326 e. The summed E-state index contributed by atoms with van der Waals surface area (Å²) in [5.41, 5.74) is 0. The van der Waals surface area contributed by atoms with Gasteiger partial charge in [-0.1, -0.05) is 0 Å². The van der Waals surface area contributed by atoms with Crippen molar-refractivity contribution in [1.82, 2.24) is 0 Å². The third kappa shape index (κ3) is 2.61. The monoisotopic (exact) mass is 248 g/mol. The number of halogens is 2. The third-order valence-corrected chi connectivity index (χ3v) is 2.33. The van der Waals surface area contributed by atoms with Crippen LogP contribution in [-0.2, 0) is 19.0 Å². The zero-order valence-electron chi connectivity index (χ0n) is 7.63. The SMILES string of the molecule is CS(=O)(=O)OC1O[C@H](CO)[C@@H](O)C1(F)F. The van der Waals surface area contributed by atoms with Gasteiger partial charge in [0.1, 0.15) is 6.10 Å². The predicted octanol–water partition coefficient (Wildman–Crippen LogP) is -1.32. The van der Waals surface area contributed by atoms with Gasteiger partial charge in [-0.15, -0.1) is 0 Å². The first kappa shape index (κ1) is 12.7. The number of ether oxygens (including phenoxy) is 1. The topological polar surface area (TPSA) is 93.1 Å². The molecule has 9 heteroatoms. The van der Waals surface area contributed by atoms with Gasteiger partial charge in [0.2, 0.25) is 6.29 Å². The van der Waals surface area contributed by atoms with Crippen molar-refractivity contribution in [3.8, 4) is 0 Å². The van der Waals surface area contributed by atoms with Gasteiger partial charge in [0.05, 0.1) is 12.9 Å². The van der Waals surface area contributed by atoms with Crippen molar-refractivity contribution in [2.45, 2.75) is 24.4 Å². The van der Waals surface area contributed by atoms with E-state index >= 15 is 0 Å². The molecule has 0 aromatic carbocycles. The van der Waals surface area contributed by atoms with E-state index in [4.69, 9.17) is 10.2 Å². The lowest BCUT2D eigenvalue weighted by molar-refractivity contribution is -0.182. The Morgan fingerprint density at radius 2 is 2.07 bits per heavy atom. The van der Waals surface area contributed by atoms with Crippen LogP contribution in [-0.4, -0.2) is 55.9 Å². The first-order chi connectivity index (χ1) is 6.68. The Morgan fingerprint density at radius 1 is 1.53 bits per heavy atom. The van der Waals surface area contributed by atoms with Gasteiger partial charge in [0, 0.05) is 0 Å². The van der Waals surface area contributed by atoms with E-state index in [1.54, 1.807) is 0 Å². The van der Waals surface area contributed by atoms with Crippen molar-refractivity contribution < 1.29 is 36.3 Å². The molecule has 1 aliphatic heterocycles. The maximum absolute atomic E-state index is 13.1. The van der Waals surface area contributed by atoms with Crippen molar-refractivity contribution in [3.63, 3.8) is 0 Å². The number of hydrogen-bond acceptors (Lipinski definition) is 6. The summed E-state index contributed by atoms with van der Waals surface area (Å²) in [6.45, 7) is -0.861. The first-order valence-corrected chi connectivity index (χ1v) is 5.70. The molecule has 0 saturated carbocycles. The van der Waals surface area contributed by atoms with Crippen LogP contribution >= 0.6 is 0 Å². The highest BCUT2D eigenvalue weighted by atomic mass is 32.2. The molecular formula is C6H10F2O6S. The van der Waals surface area contributed by atoms with E-state index in [-0.39, 0.29) is 0 Å². The van der Waals surface area contributed by atoms with Crippen LogP contribution in [0.3, 0.4) is 0 Å². The predicted molar refractivity (Wildman–Crippen MR) is 42.6 cm³/mol. The van der Waals surface area contributed by atoms with Gasteiger partial charge in [-0.3, -0.25) is 0 Å². The normalized spacial score (nSPS) is 35.7. The molecule has 1 rings (SSSR count). The average Bonchev–Trinajstić information content (AvgIpc) is 2.26. The fourth-order valence-electron chi connectivity index (χ4n) is 1.10. The zero-order chi connectivity index (χ0) is 11.9. The number of hydrogen-bond donors (Lipinski definition) is 2. The van der Waals surface area contributed by atoms with E-state index in [0.29, 0.717) is 6.26 Å². The molecule has 0 bridgehead atoms. The Bertz CT molecular complexity index is 329. The van der Waals surface area contributed by atoms with Crippen LogP contribution in [0.1, 0.15) is 0 Å². The molecule has 3 atom stereocenters. The largest absolute Gasteiger partial charge is 0.394 e. The summed E-state index contributed by atoms with van der Waals surface area (Å²) in [5, 5.41) is 17.5.